The smallest absolute Gasteiger partial charge is 0.395 e. The summed E-state index contributed by atoms with van der Waals surface area (Å²) in [6.07, 6.45) is 0. The Bertz CT molecular complexity index is 725. The first-order valence-corrected chi connectivity index (χ1v) is 6.48. The molecule has 0 spiro atoms. The lowest BCUT2D eigenvalue weighted by atomic mass is 10.2. The first kappa shape index (κ1) is 14.5. The third-order valence-electron chi connectivity index (χ3n) is 2.54. The van der Waals surface area contributed by atoms with E-state index in [1.165, 1.54) is 24.3 Å². The van der Waals surface area contributed by atoms with Crippen molar-refractivity contribution >= 4 is 45.6 Å². The van der Waals surface area contributed by atoms with Gasteiger partial charge in [-0.3, -0.25) is 9.69 Å². The zero-order valence-electron chi connectivity index (χ0n) is 10.5. The molecule has 1 aromatic carbocycles. The summed E-state index contributed by atoms with van der Waals surface area (Å²) in [6, 6.07) is 8.77. The number of amides is 1. The summed E-state index contributed by atoms with van der Waals surface area (Å²) < 4.78 is 0. The predicted molar refractivity (Wildman–Crippen MR) is 76.9 cm³/mol. The number of rotatable bonds is 3. The lowest BCUT2D eigenvalue weighted by Gasteiger charge is -2.19. The topological polar surface area (TPSA) is 121 Å². The molecule has 0 radical (unpaired) electrons. The average Bonchev–Trinajstić information content (AvgIpc) is 2.88. The maximum atomic E-state index is 11.9. The Hall–Kier alpha value is -2.87. The Morgan fingerprint density at radius 2 is 1.81 bits per heavy atom. The van der Waals surface area contributed by atoms with Gasteiger partial charge in [-0.2, -0.15) is 0 Å². The van der Waals surface area contributed by atoms with Crippen LogP contribution in [0.2, 0.25) is 0 Å². The van der Waals surface area contributed by atoms with Gasteiger partial charge in [-0.25, -0.2) is 9.59 Å². The van der Waals surface area contributed by atoms with E-state index in [-0.39, 0.29) is 15.6 Å². The number of thiophene rings is 1. The Morgan fingerprint density at radius 1 is 1.10 bits per heavy atom. The zero-order chi connectivity index (χ0) is 15.6. The number of nitrogens with zero attached hydrogens (tertiary/aromatic N) is 1. The fourth-order valence-electron chi connectivity index (χ4n) is 1.67. The number of aromatic carboxylic acids is 1. The number of hydrogen-bond donors (Lipinski definition) is 3. The molecule has 2 rings (SSSR count). The van der Waals surface area contributed by atoms with E-state index in [1.54, 1.807) is 12.1 Å². The Labute approximate surface area is 122 Å². The number of aliphatic carboxylic acids is 1. The Kier molecular flexibility index (Phi) is 3.90. The van der Waals surface area contributed by atoms with Gasteiger partial charge in [0.05, 0.1) is 5.69 Å². The Balaban J connectivity index is 2.52. The van der Waals surface area contributed by atoms with Crippen molar-refractivity contribution in [2.24, 2.45) is 0 Å². The SMILES string of the molecule is Nc1cccc(N(C(=O)C(=O)O)c2ccc(C(=O)O)s2)c1. The van der Waals surface area contributed by atoms with Crippen LogP contribution in [-0.2, 0) is 9.59 Å². The second-order valence-electron chi connectivity index (χ2n) is 3.98. The number of carboxylic acid groups (broad SMARTS) is 2. The molecule has 0 bridgehead atoms. The number of nitrogen functional groups attached to an aromatic ring is 1. The van der Waals surface area contributed by atoms with Gasteiger partial charge in [0.1, 0.15) is 9.88 Å². The molecule has 1 aromatic heterocycles. The van der Waals surface area contributed by atoms with Gasteiger partial charge in [-0.15, -0.1) is 11.3 Å². The highest BCUT2D eigenvalue weighted by Crippen LogP contribution is 2.33. The minimum Gasteiger partial charge on any atom is -0.477 e. The van der Waals surface area contributed by atoms with Crippen molar-refractivity contribution < 1.29 is 24.6 Å². The van der Waals surface area contributed by atoms with E-state index in [4.69, 9.17) is 15.9 Å². The highest BCUT2D eigenvalue weighted by atomic mass is 32.1. The van der Waals surface area contributed by atoms with Crippen molar-refractivity contribution in [1.82, 2.24) is 0 Å². The van der Waals surface area contributed by atoms with Crippen LogP contribution >= 0.6 is 11.3 Å². The normalized spacial score (nSPS) is 10.1. The molecule has 0 aliphatic rings. The zero-order valence-corrected chi connectivity index (χ0v) is 11.3. The van der Waals surface area contributed by atoms with Crippen molar-refractivity contribution in [2.75, 3.05) is 10.6 Å². The van der Waals surface area contributed by atoms with E-state index in [0.717, 1.165) is 16.2 Å². The monoisotopic (exact) mass is 306 g/mol. The number of nitrogens with two attached hydrogens (primary N) is 1. The van der Waals surface area contributed by atoms with Crippen molar-refractivity contribution in [1.29, 1.82) is 0 Å². The largest absolute Gasteiger partial charge is 0.477 e. The van der Waals surface area contributed by atoms with Gasteiger partial charge >= 0.3 is 17.8 Å². The standard InChI is InChI=1S/C13H10N2O5S/c14-7-2-1-3-8(6-7)15(11(16)13(19)20)10-5-4-9(21-10)12(17)18/h1-6H,14H2,(H,17,18)(H,19,20). The lowest BCUT2D eigenvalue weighted by molar-refractivity contribution is -0.148. The molecule has 7 nitrogen and oxygen atoms in total. The molecular weight excluding hydrogens is 296 g/mol. The van der Waals surface area contributed by atoms with Gasteiger partial charge in [0, 0.05) is 5.69 Å². The average molecular weight is 306 g/mol. The van der Waals surface area contributed by atoms with Crippen molar-refractivity contribution in [3.8, 4) is 0 Å². The van der Waals surface area contributed by atoms with E-state index in [2.05, 4.69) is 0 Å². The van der Waals surface area contributed by atoms with Crippen molar-refractivity contribution in [2.45, 2.75) is 0 Å². The molecular formula is C13H10N2O5S. The van der Waals surface area contributed by atoms with Crippen LogP contribution in [0.4, 0.5) is 16.4 Å². The third kappa shape index (κ3) is 3.00. The minimum absolute atomic E-state index is 0.00269. The molecule has 0 aliphatic heterocycles. The van der Waals surface area contributed by atoms with Crippen LogP contribution in [-0.4, -0.2) is 28.1 Å². The summed E-state index contributed by atoms with van der Waals surface area (Å²) in [6.45, 7) is 0. The molecule has 0 saturated carbocycles. The van der Waals surface area contributed by atoms with Gasteiger partial charge in [0.15, 0.2) is 0 Å². The molecule has 108 valence electrons. The maximum Gasteiger partial charge on any atom is 0.395 e. The van der Waals surface area contributed by atoms with Gasteiger partial charge in [-0.05, 0) is 30.3 Å². The minimum atomic E-state index is -1.65. The molecule has 1 heterocycles. The van der Waals surface area contributed by atoms with Crippen LogP contribution in [0.3, 0.4) is 0 Å². The number of anilines is 3. The molecule has 2 aromatic rings. The second kappa shape index (κ2) is 5.63. The molecule has 0 saturated heterocycles. The fraction of sp³-hybridized carbons (Fsp3) is 0. The summed E-state index contributed by atoms with van der Waals surface area (Å²) in [5, 5.41) is 18.0. The first-order valence-electron chi connectivity index (χ1n) is 5.66. The summed E-state index contributed by atoms with van der Waals surface area (Å²) in [5.74, 6) is -4.00. The van der Waals surface area contributed by atoms with Crippen molar-refractivity contribution in [3.63, 3.8) is 0 Å². The van der Waals surface area contributed by atoms with Crippen LogP contribution < -0.4 is 10.6 Å². The summed E-state index contributed by atoms with van der Waals surface area (Å²) >= 11 is 0.797. The third-order valence-corrected chi connectivity index (χ3v) is 3.60. The number of hydrogen-bond acceptors (Lipinski definition) is 5. The molecule has 21 heavy (non-hydrogen) atoms. The van der Waals surface area contributed by atoms with Gasteiger partial charge < -0.3 is 15.9 Å². The van der Waals surface area contributed by atoms with Gasteiger partial charge in [-0.1, -0.05) is 6.07 Å². The number of benzene rings is 1. The molecule has 8 heteroatoms. The van der Waals surface area contributed by atoms with Crippen LogP contribution in [0.15, 0.2) is 36.4 Å². The molecule has 0 unspecified atom stereocenters. The lowest BCUT2D eigenvalue weighted by Crippen LogP contribution is -2.32. The quantitative estimate of drug-likeness (QED) is 0.587. The Morgan fingerprint density at radius 3 is 2.33 bits per heavy atom. The maximum absolute atomic E-state index is 11.9. The molecule has 4 N–H and O–H groups in total. The summed E-state index contributed by atoms with van der Waals surface area (Å²) in [5.41, 5.74) is 6.23. The second-order valence-corrected chi connectivity index (χ2v) is 5.05. The van der Waals surface area contributed by atoms with Crippen LogP contribution in [0.5, 0.6) is 0 Å². The van der Waals surface area contributed by atoms with E-state index in [1.807, 2.05) is 0 Å². The molecule has 1 amide bonds. The molecule has 0 aliphatic carbocycles. The summed E-state index contributed by atoms with van der Waals surface area (Å²) in [7, 11) is 0. The number of carbonyl (C=O) groups is 3. The first-order chi connectivity index (χ1) is 9.90. The van der Waals surface area contributed by atoms with Crippen LogP contribution in [0.25, 0.3) is 0 Å². The fourth-order valence-corrected chi connectivity index (χ4v) is 2.53. The van der Waals surface area contributed by atoms with Crippen molar-refractivity contribution in [3.05, 3.63) is 41.3 Å². The summed E-state index contributed by atoms with van der Waals surface area (Å²) in [4.78, 5) is 34.7. The predicted octanol–water partition coefficient (Wildman–Crippen LogP) is 1.78. The van der Waals surface area contributed by atoms with Gasteiger partial charge in [0.2, 0.25) is 0 Å². The van der Waals surface area contributed by atoms with E-state index >= 15 is 0 Å². The highest BCUT2D eigenvalue weighted by molar-refractivity contribution is 7.18. The van der Waals surface area contributed by atoms with E-state index < -0.39 is 17.8 Å². The van der Waals surface area contributed by atoms with Gasteiger partial charge in [0.25, 0.3) is 0 Å². The van der Waals surface area contributed by atoms with Crippen LogP contribution in [0, 0.1) is 0 Å². The number of carboxylic acids is 2. The number of carbonyl (C=O) groups excluding carboxylic acids is 1. The molecule has 0 fully saturated rings. The van der Waals surface area contributed by atoms with Crippen LogP contribution in [0.1, 0.15) is 9.67 Å². The van der Waals surface area contributed by atoms with E-state index in [9.17, 15) is 14.4 Å². The van der Waals surface area contributed by atoms with E-state index in [0.29, 0.717) is 5.69 Å². The highest BCUT2D eigenvalue weighted by Gasteiger charge is 2.26. The molecule has 0 atom stereocenters.